The zero-order valence-electron chi connectivity index (χ0n) is 15.7. The summed E-state index contributed by atoms with van der Waals surface area (Å²) in [7, 11) is 0. The molecule has 162 valence electrons. The molecule has 1 aromatic rings. The standard InChI is InChI=1S/C17H16F3N3O7/c1-9-13(16(24)29-7-8-30-23(27)28)14(15(22(25)26)10(2)21-9)11-5-3-4-6-12(11)17(18,19)20/h3-6,14-15H,7-8H2,1-2H3. The molecule has 30 heavy (non-hydrogen) atoms. The summed E-state index contributed by atoms with van der Waals surface area (Å²) in [6.07, 6.45) is -4.83. The average molecular weight is 431 g/mol. The van der Waals surface area contributed by atoms with Crippen molar-refractivity contribution in [1.82, 2.24) is 0 Å². The molecular formula is C17H16F3N3O7. The van der Waals surface area contributed by atoms with Gasteiger partial charge in [0.2, 0.25) is 0 Å². The van der Waals surface area contributed by atoms with Crippen molar-refractivity contribution in [3.05, 3.63) is 66.9 Å². The van der Waals surface area contributed by atoms with Crippen molar-refractivity contribution >= 4 is 11.7 Å². The highest BCUT2D eigenvalue weighted by Crippen LogP contribution is 2.42. The molecule has 13 heteroatoms. The van der Waals surface area contributed by atoms with Gasteiger partial charge in [0.05, 0.1) is 22.8 Å². The highest BCUT2D eigenvalue weighted by molar-refractivity contribution is 5.98. The fourth-order valence-corrected chi connectivity index (χ4v) is 3.24. The van der Waals surface area contributed by atoms with Crippen molar-refractivity contribution in [1.29, 1.82) is 0 Å². The Labute approximate surface area is 167 Å². The number of rotatable bonds is 7. The molecule has 1 aromatic carbocycles. The monoisotopic (exact) mass is 431 g/mol. The summed E-state index contributed by atoms with van der Waals surface area (Å²) < 4.78 is 45.5. The summed E-state index contributed by atoms with van der Waals surface area (Å²) in [4.78, 5) is 41.6. The van der Waals surface area contributed by atoms with Gasteiger partial charge in [-0.1, -0.05) is 18.2 Å². The highest BCUT2D eigenvalue weighted by Gasteiger charge is 2.48. The molecule has 1 aliphatic rings. The Kier molecular flexibility index (Phi) is 6.74. The van der Waals surface area contributed by atoms with Gasteiger partial charge in [0.25, 0.3) is 11.1 Å². The van der Waals surface area contributed by atoms with E-state index < -0.39 is 64.0 Å². The highest BCUT2D eigenvalue weighted by atomic mass is 19.4. The molecule has 1 aliphatic heterocycles. The van der Waals surface area contributed by atoms with E-state index in [4.69, 9.17) is 4.74 Å². The molecule has 0 aliphatic carbocycles. The number of carbonyl (C=O) groups is 1. The van der Waals surface area contributed by atoms with E-state index in [0.29, 0.717) is 0 Å². The predicted octanol–water partition coefficient (Wildman–Crippen LogP) is 2.93. The molecule has 0 fully saturated rings. The summed E-state index contributed by atoms with van der Waals surface area (Å²) in [6.45, 7) is 1.39. The van der Waals surface area contributed by atoms with Crippen LogP contribution in [0.5, 0.6) is 0 Å². The third-order valence-electron chi connectivity index (χ3n) is 4.35. The van der Waals surface area contributed by atoms with Gasteiger partial charge in [0.15, 0.2) is 0 Å². The normalized spacial score (nSPS) is 19.2. The molecule has 0 aromatic heterocycles. The quantitative estimate of drug-likeness (QED) is 0.280. The Balaban J connectivity index is 2.55. The number of hydrogen-bond donors (Lipinski definition) is 0. The number of esters is 1. The van der Waals surface area contributed by atoms with Crippen LogP contribution < -0.4 is 0 Å². The van der Waals surface area contributed by atoms with Crippen LogP contribution in [0, 0.1) is 20.2 Å². The van der Waals surface area contributed by atoms with Crippen LogP contribution in [0.2, 0.25) is 0 Å². The lowest BCUT2D eigenvalue weighted by atomic mass is 9.78. The van der Waals surface area contributed by atoms with Crippen molar-refractivity contribution in [2.75, 3.05) is 13.2 Å². The van der Waals surface area contributed by atoms with Gasteiger partial charge in [-0.25, -0.2) is 4.79 Å². The number of hydrogen-bond acceptors (Lipinski definition) is 8. The van der Waals surface area contributed by atoms with Gasteiger partial charge in [-0.15, -0.1) is 10.1 Å². The maximum absolute atomic E-state index is 13.6. The van der Waals surface area contributed by atoms with Crippen LogP contribution in [0.4, 0.5) is 13.2 Å². The van der Waals surface area contributed by atoms with Gasteiger partial charge < -0.3 is 9.57 Å². The third-order valence-corrected chi connectivity index (χ3v) is 4.35. The number of ether oxygens (including phenoxy) is 1. The molecule has 1 heterocycles. The van der Waals surface area contributed by atoms with Crippen molar-refractivity contribution in [2.45, 2.75) is 32.0 Å². The lowest BCUT2D eigenvalue weighted by molar-refractivity contribution is -0.757. The number of allylic oxidation sites excluding steroid dienone is 1. The summed E-state index contributed by atoms with van der Waals surface area (Å²) in [5, 5.41) is 20.7. The number of halogens is 3. The molecule has 2 rings (SSSR count). The molecule has 0 saturated heterocycles. The third kappa shape index (κ3) is 4.90. The smallest absolute Gasteiger partial charge is 0.416 e. The first-order valence-corrected chi connectivity index (χ1v) is 8.45. The minimum absolute atomic E-state index is 0.0484. The fraction of sp³-hybridized carbons (Fsp3) is 0.412. The van der Waals surface area contributed by atoms with Crippen LogP contribution in [-0.4, -0.2) is 40.9 Å². The van der Waals surface area contributed by atoms with Gasteiger partial charge >= 0.3 is 12.1 Å². The van der Waals surface area contributed by atoms with E-state index in [1.807, 2.05) is 0 Å². The SMILES string of the molecule is CC1=NC(C)=C(C(=O)OCCO[N+](=O)[O-])C(c2ccccc2C(F)(F)F)C1[N+](=O)[O-]. The number of aliphatic imine (C=N–C) groups is 1. The Morgan fingerprint density at radius 2 is 1.80 bits per heavy atom. The first-order valence-electron chi connectivity index (χ1n) is 8.45. The minimum atomic E-state index is -4.83. The molecule has 0 N–H and O–H groups in total. The van der Waals surface area contributed by atoms with Crippen LogP contribution in [0.3, 0.4) is 0 Å². The molecule has 10 nitrogen and oxygen atoms in total. The summed E-state index contributed by atoms with van der Waals surface area (Å²) >= 11 is 0. The van der Waals surface area contributed by atoms with E-state index in [1.165, 1.54) is 19.9 Å². The molecule has 0 spiro atoms. The second-order valence-electron chi connectivity index (χ2n) is 6.24. The topological polar surface area (TPSA) is 134 Å². The molecule has 0 bridgehead atoms. The number of benzene rings is 1. The zero-order valence-corrected chi connectivity index (χ0v) is 15.7. The molecular weight excluding hydrogens is 415 g/mol. The molecule has 2 atom stereocenters. The molecule has 0 radical (unpaired) electrons. The number of carbonyl (C=O) groups excluding carboxylic acids is 1. The van der Waals surface area contributed by atoms with E-state index in [9.17, 15) is 38.2 Å². The van der Waals surface area contributed by atoms with Crippen molar-refractivity contribution in [3.8, 4) is 0 Å². The van der Waals surface area contributed by atoms with Crippen molar-refractivity contribution in [3.63, 3.8) is 0 Å². The summed E-state index contributed by atoms with van der Waals surface area (Å²) in [6, 6.07) is 2.47. The van der Waals surface area contributed by atoms with E-state index >= 15 is 0 Å². The van der Waals surface area contributed by atoms with Gasteiger partial charge in [-0.2, -0.15) is 13.2 Å². The zero-order chi connectivity index (χ0) is 22.6. The maximum Gasteiger partial charge on any atom is 0.416 e. The second kappa shape index (κ2) is 8.88. The van der Waals surface area contributed by atoms with E-state index in [1.54, 1.807) is 0 Å². The van der Waals surface area contributed by atoms with Gasteiger partial charge in [0, 0.05) is 10.6 Å². The average Bonchev–Trinajstić information content (AvgIpc) is 2.63. The summed E-state index contributed by atoms with van der Waals surface area (Å²) in [5.74, 6) is -2.80. The lowest BCUT2D eigenvalue weighted by Gasteiger charge is -2.29. The van der Waals surface area contributed by atoms with Gasteiger partial charge in [0.1, 0.15) is 13.2 Å². The van der Waals surface area contributed by atoms with E-state index in [2.05, 4.69) is 9.83 Å². The first kappa shape index (κ1) is 22.8. The number of nitro groups is 1. The fourth-order valence-electron chi connectivity index (χ4n) is 3.24. The lowest BCUT2D eigenvalue weighted by Crippen LogP contribution is -2.40. The Bertz CT molecular complexity index is 927. The van der Waals surface area contributed by atoms with Crippen LogP contribution in [0.1, 0.15) is 30.9 Å². The predicted molar refractivity (Wildman–Crippen MR) is 94.7 cm³/mol. The molecule has 2 unspecified atom stereocenters. The van der Waals surface area contributed by atoms with E-state index in [0.717, 1.165) is 18.2 Å². The maximum atomic E-state index is 13.6. The van der Waals surface area contributed by atoms with Gasteiger partial charge in [-0.05, 0) is 25.5 Å². The number of alkyl halides is 3. The Morgan fingerprint density at radius 1 is 1.17 bits per heavy atom. The van der Waals surface area contributed by atoms with Gasteiger partial charge in [-0.3, -0.25) is 15.1 Å². The first-order chi connectivity index (χ1) is 13.9. The minimum Gasteiger partial charge on any atom is -0.460 e. The largest absolute Gasteiger partial charge is 0.460 e. The van der Waals surface area contributed by atoms with E-state index in [-0.39, 0.29) is 11.4 Å². The Morgan fingerprint density at radius 3 is 2.37 bits per heavy atom. The second-order valence-corrected chi connectivity index (χ2v) is 6.24. The number of nitrogens with zero attached hydrogens (tertiary/aromatic N) is 3. The molecule has 0 saturated carbocycles. The van der Waals surface area contributed by atoms with Crippen LogP contribution in [-0.2, 0) is 20.5 Å². The van der Waals surface area contributed by atoms with Crippen LogP contribution in [0.25, 0.3) is 0 Å². The van der Waals surface area contributed by atoms with Crippen molar-refractivity contribution < 1.29 is 37.6 Å². The Hall–Kier alpha value is -3.51. The summed E-state index contributed by atoms with van der Waals surface area (Å²) in [5.41, 5.74) is -2.17. The van der Waals surface area contributed by atoms with Crippen LogP contribution in [0.15, 0.2) is 40.5 Å². The van der Waals surface area contributed by atoms with Crippen LogP contribution >= 0.6 is 0 Å². The molecule has 0 amide bonds. The van der Waals surface area contributed by atoms with Crippen molar-refractivity contribution in [2.24, 2.45) is 4.99 Å².